The molecule has 0 spiro atoms. The van der Waals surface area contributed by atoms with Gasteiger partial charge in [0.25, 0.3) is 0 Å². The molecule has 0 unspecified atom stereocenters. The van der Waals surface area contributed by atoms with E-state index < -0.39 is 18.1 Å². The van der Waals surface area contributed by atoms with Crippen molar-refractivity contribution < 1.29 is 27.9 Å². The molecule has 1 rings (SSSR count). The summed E-state index contributed by atoms with van der Waals surface area (Å²) in [5.74, 6) is -3.58. The van der Waals surface area contributed by atoms with E-state index in [1.54, 1.807) is 0 Å². The minimum absolute atomic E-state index is 0.340. The summed E-state index contributed by atoms with van der Waals surface area (Å²) in [5.41, 5.74) is -0.352. The molecule has 15 heavy (non-hydrogen) atoms. The molecule has 0 fully saturated rings. The fourth-order valence-corrected chi connectivity index (χ4v) is 1.45. The number of amides is 1. The number of hydrogen-bond donors (Lipinski definition) is 2. The molecule has 4 nitrogen and oxygen atoms in total. The predicted octanol–water partition coefficient (Wildman–Crippen LogP) is 1.95. The van der Waals surface area contributed by atoms with Crippen LogP contribution >= 0.6 is 11.3 Å². The van der Waals surface area contributed by atoms with Crippen LogP contribution in [0.1, 0.15) is 9.67 Å². The van der Waals surface area contributed by atoms with Crippen molar-refractivity contribution in [2.45, 2.75) is 6.18 Å². The fraction of sp³-hybridized carbons (Fsp3) is 0.143. The summed E-state index contributed by atoms with van der Waals surface area (Å²) in [4.78, 5) is 20.6. The van der Waals surface area contributed by atoms with E-state index in [9.17, 15) is 22.8 Å². The maximum Gasteiger partial charge on any atom is 0.471 e. The van der Waals surface area contributed by atoms with Crippen molar-refractivity contribution in [1.29, 1.82) is 0 Å². The van der Waals surface area contributed by atoms with Crippen molar-refractivity contribution in [2.24, 2.45) is 0 Å². The number of carboxylic acids is 1. The van der Waals surface area contributed by atoms with Crippen molar-refractivity contribution in [3.8, 4) is 0 Å². The second-order valence-corrected chi connectivity index (χ2v) is 3.34. The van der Waals surface area contributed by atoms with Gasteiger partial charge in [-0.2, -0.15) is 13.2 Å². The Bertz CT molecular complexity index is 398. The van der Waals surface area contributed by atoms with Crippen LogP contribution in [0.25, 0.3) is 0 Å². The Morgan fingerprint density at radius 1 is 1.40 bits per heavy atom. The zero-order valence-electron chi connectivity index (χ0n) is 6.96. The molecule has 1 aromatic heterocycles. The maximum atomic E-state index is 11.8. The van der Waals surface area contributed by atoms with Gasteiger partial charge in [-0.25, -0.2) is 4.79 Å². The van der Waals surface area contributed by atoms with Crippen LogP contribution in [0.2, 0.25) is 0 Å². The molecule has 2 N–H and O–H groups in total. The molecule has 0 aliphatic carbocycles. The molecule has 0 bridgehead atoms. The van der Waals surface area contributed by atoms with E-state index in [1.807, 2.05) is 0 Å². The minimum atomic E-state index is -5.03. The van der Waals surface area contributed by atoms with Crippen LogP contribution in [-0.2, 0) is 4.79 Å². The molecule has 0 aromatic carbocycles. The van der Waals surface area contributed by atoms with Gasteiger partial charge in [-0.05, 0) is 11.4 Å². The first-order valence-electron chi connectivity index (χ1n) is 3.51. The Kier molecular flexibility index (Phi) is 2.98. The highest BCUT2D eigenvalue weighted by molar-refractivity contribution is 7.12. The molecule has 0 saturated carbocycles. The Labute approximate surface area is 85.3 Å². The quantitative estimate of drug-likeness (QED) is 0.828. The lowest BCUT2D eigenvalue weighted by Crippen LogP contribution is -2.30. The Hall–Kier alpha value is -1.57. The number of carbonyl (C=O) groups is 2. The van der Waals surface area contributed by atoms with Gasteiger partial charge in [0.1, 0.15) is 4.88 Å². The van der Waals surface area contributed by atoms with Crippen LogP contribution < -0.4 is 5.32 Å². The molecule has 82 valence electrons. The topological polar surface area (TPSA) is 66.4 Å². The third-order valence-electron chi connectivity index (χ3n) is 1.37. The summed E-state index contributed by atoms with van der Waals surface area (Å²) in [6.45, 7) is 0. The monoisotopic (exact) mass is 239 g/mol. The Morgan fingerprint density at radius 2 is 2.00 bits per heavy atom. The molecule has 1 aromatic rings. The molecule has 0 atom stereocenters. The number of thiophene rings is 1. The standard InChI is InChI=1S/C7H4F3NO3S/c8-7(9,10)6(14)11-3-1-2-15-4(3)5(12)13/h1-2H,(H,11,14)(H,12,13). The number of carbonyl (C=O) groups excluding carboxylic acids is 1. The number of carboxylic acid groups (broad SMARTS) is 1. The third kappa shape index (κ3) is 2.69. The lowest BCUT2D eigenvalue weighted by Gasteiger charge is -2.06. The van der Waals surface area contributed by atoms with Crippen LogP contribution in [0.3, 0.4) is 0 Å². The summed E-state index contributed by atoms with van der Waals surface area (Å²) in [6, 6.07) is 1.10. The smallest absolute Gasteiger partial charge is 0.471 e. The third-order valence-corrected chi connectivity index (χ3v) is 2.27. The van der Waals surface area contributed by atoms with Crippen molar-refractivity contribution in [3.63, 3.8) is 0 Å². The number of aromatic carboxylic acids is 1. The lowest BCUT2D eigenvalue weighted by molar-refractivity contribution is -0.167. The zero-order valence-corrected chi connectivity index (χ0v) is 7.78. The summed E-state index contributed by atoms with van der Waals surface area (Å²) >= 11 is 0.729. The Balaban J connectivity index is 2.86. The number of halogens is 3. The Morgan fingerprint density at radius 3 is 2.47 bits per heavy atom. The van der Waals surface area contributed by atoms with E-state index >= 15 is 0 Å². The van der Waals surface area contributed by atoms with Crippen molar-refractivity contribution in [1.82, 2.24) is 0 Å². The van der Waals surface area contributed by atoms with Gasteiger partial charge in [0.15, 0.2) is 0 Å². The second kappa shape index (κ2) is 3.89. The van der Waals surface area contributed by atoms with Crippen LogP contribution in [0, 0.1) is 0 Å². The van der Waals surface area contributed by atoms with Gasteiger partial charge in [0.05, 0.1) is 5.69 Å². The first-order valence-corrected chi connectivity index (χ1v) is 4.39. The van der Waals surface area contributed by atoms with Crippen LogP contribution in [0.15, 0.2) is 11.4 Å². The molecule has 0 saturated heterocycles. The summed E-state index contributed by atoms with van der Waals surface area (Å²) in [7, 11) is 0. The first kappa shape index (κ1) is 11.5. The highest BCUT2D eigenvalue weighted by atomic mass is 32.1. The second-order valence-electron chi connectivity index (χ2n) is 2.42. The van der Waals surface area contributed by atoms with Crippen LogP contribution in [0.4, 0.5) is 18.9 Å². The molecule has 0 aliphatic rings. The van der Waals surface area contributed by atoms with E-state index in [-0.39, 0.29) is 10.6 Å². The van der Waals surface area contributed by atoms with Gasteiger partial charge in [-0.3, -0.25) is 4.79 Å². The highest BCUT2D eigenvalue weighted by Gasteiger charge is 2.39. The number of anilines is 1. The van der Waals surface area contributed by atoms with Crippen molar-refractivity contribution >= 4 is 28.9 Å². The molecule has 1 heterocycles. The van der Waals surface area contributed by atoms with Crippen molar-refractivity contribution in [2.75, 3.05) is 5.32 Å². The summed E-state index contributed by atoms with van der Waals surface area (Å²) in [5, 5.41) is 11.3. The van der Waals surface area contributed by atoms with Gasteiger partial charge in [0.2, 0.25) is 0 Å². The van der Waals surface area contributed by atoms with E-state index in [0.717, 1.165) is 17.4 Å². The largest absolute Gasteiger partial charge is 0.477 e. The van der Waals surface area contributed by atoms with Gasteiger partial charge < -0.3 is 10.4 Å². The van der Waals surface area contributed by atoms with Crippen LogP contribution in [0.5, 0.6) is 0 Å². The van der Waals surface area contributed by atoms with Crippen LogP contribution in [-0.4, -0.2) is 23.2 Å². The number of hydrogen-bond acceptors (Lipinski definition) is 3. The minimum Gasteiger partial charge on any atom is -0.477 e. The average molecular weight is 239 g/mol. The lowest BCUT2D eigenvalue weighted by atomic mass is 10.4. The number of nitrogens with one attached hydrogen (secondary N) is 1. The van der Waals surface area contributed by atoms with E-state index in [4.69, 9.17) is 5.11 Å². The maximum absolute atomic E-state index is 11.8. The molecule has 8 heteroatoms. The zero-order chi connectivity index (χ0) is 11.6. The van der Waals surface area contributed by atoms with Crippen molar-refractivity contribution in [3.05, 3.63) is 16.3 Å². The van der Waals surface area contributed by atoms with E-state index in [2.05, 4.69) is 0 Å². The number of rotatable bonds is 2. The van der Waals surface area contributed by atoms with E-state index in [1.165, 1.54) is 10.7 Å². The first-order chi connectivity index (χ1) is 6.82. The SMILES string of the molecule is O=C(O)c1sccc1NC(=O)C(F)(F)F. The van der Waals surface area contributed by atoms with E-state index in [0.29, 0.717) is 0 Å². The fourth-order valence-electron chi connectivity index (χ4n) is 0.767. The predicted molar refractivity (Wildman–Crippen MR) is 46.0 cm³/mol. The summed E-state index contributed by atoms with van der Waals surface area (Å²) < 4.78 is 35.5. The molecular formula is C7H4F3NO3S. The van der Waals surface area contributed by atoms with Gasteiger partial charge in [-0.15, -0.1) is 11.3 Å². The average Bonchev–Trinajstić information content (AvgIpc) is 2.50. The molecule has 0 aliphatic heterocycles. The van der Waals surface area contributed by atoms with Gasteiger partial charge >= 0.3 is 18.1 Å². The summed E-state index contributed by atoms with van der Waals surface area (Å²) in [6.07, 6.45) is -5.03. The number of alkyl halides is 3. The van der Waals surface area contributed by atoms with Gasteiger partial charge in [0, 0.05) is 0 Å². The normalized spacial score (nSPS) is 11.1. The molecule has 0 radical (unpaired) electrons. The molecular weight excluding hydrogens is 235 g/mol. The highest BCUT2D eigenvalue weighted by Crippen LogP contribution is 2.24. The van der Waals surface area contributed by atoms with Gasteiger partial charge in [-0.1, -0.05) is 0 Å². The molecule has 1 amide bonds.